The van der Waals surface area contributed by atoms with E-state index in [9.17, 15) is 14.4 Å². The number of carbonyl (C=O) groups is 3. The van der Waals surface area contributed by atoms with Crippen LogP contribution in [0.4, 0.5) is 0 Å². The van der Waals surface area contributed by atoms with Crippen LogP contribution in [0.1, 0.15) is 18.9 Å². The second-order valence-corrected chi connectivity index (χ2v) is 9.47. The molecule has 0 radical (unpaired) electrons. The van der Waals surface area contributed by atoms with Crippen molar-refractivity contribution in [3.63, 3.8) is 0 Å². The Bertz CT molecular complexity index is 891. The summed E-state index contributed by atoms with van der Waals surface area (Å²) in [6.07, 6.45) is 5.50. The monoisotopic (exact) mass is 606 g/mol. The van der Waals surface area contributed by atoms with E-state index in [1.807, 2.05) is 12.2 Å². The Morgan fingerprint density at radius 2 is 1.75 bits per heavy atom. The Morgan fingerprint density at radius 1 is 1.21 bits per heavy atom. The molecule has 2 aliphatic carbocycles. The molecule has 0 aromatic heterocycles. The van der Waals surface area contributed by atoms with Crippen LogP contribution in [-0.4, -0.2) is 40.2 Å². The molecule has 1 N–H and O–H groups in total. The molecule has 28 heavy (non-hydrogen) atoms. The van der Waals surface area contributed by atoms with Gasteiger partial charge in [-0.25, -0.2) is 4.79 Å². The first-order valence-corrected chi connectivity index (χ1v) is 10.9. The van der Waals surface area contributed by atoms with E-state index in [2.05, 4.69) is 50.3 Å². The Kier molecular flexibility index (Phi) is 5.23. The highest BCUT2D eigenvalue weighted by atomic mass is 127. The zero-order chi connectivity index (χ0) is 20.2. The van der Waals surface area contributed by atoms with Crippen LogP contribution in [0.15, 0.2) is 29.4 Å². The first-order valence-electron chi connectivity index (χ1n) is 8.76. The minimum Gasteiger partial charge on any atom is -0.479 e. The molecular weight excluding hydrogens is 590 g/mol. The quantitative estimate of drug-likeness (QED) is 0.241. The van der Waals surface area contributed by atoms with E-state index >= 15 is 0 Å². The molecule has 7 nitrogen and oxygen atoms in total. The van der Waals surface area contributed by atoms with Gasteiger partial charge in [0, 0.05) is 0 Å². The van der Waals surface area contributed by atoms with Crippen LogP contribution >= 0.6 is 45.2 Å². The van der Waals surface area contributed by atoms with E-state index in [-0.39, 0.29) is 35.5 Å². The molecule has 1 heterocycles. The third-order valence-corrected chi connectivity index (χ3v) is 7.03. The van der Waals surface area contributed by atoms with Gasteiger partial charge < -0.3 is 9.84 Å². The van der Waals surface area contributed by atoms with Crippen molar-refractivity contribution in [3.05, 3.63) is 37.0 Å². The molecule has 0 unspecified atom stereocenters. The first-order chi connectivity index (χ1) is 13.3. The van der Waals surface area contributed by atoms with Crippen molar-refractivity contribution in [3.8, 4) is 5.75 Å². The minimum absolute atomic E-state index is 0.154. The number of hydrogen-bond acceptors (Lipinski definition) is 5. The summed E-state index contributed by atoms with van der Waals surface area (Å²) in [6, 6.07) is 3.54. The van der Waals surface area contributed by atoms with Gasteiger partial charge in [-0.2, -0.15) is 10.1 Å². The summed E-state index contributed by atoms with van der Waals surface area (Å²) in [5.74, 6) is -1.23. The van der Waals surface area contributed by atoms with Crippen molar-refractivity contribution >= 4 is 69.2 Å². The van der Waals surface area contributed by atoms with Crippen LogP contribution in [0.25, 0.3) is 0 Å². The number of aliphatic carboxylic acids is 1. The average Bonchev–Trinajstić information content (AvgIpc) is 3.31. The predicted molar refractivity (Wildman–Crippen MR) is 117 cm³/mol. The maximum absolute atomic E-state index is 12.7. The SMILES string of the molecule is C[C@@H](Oc1c(I)cc(C=NN2C(=O)[C@@H]3[C@H](C2=O)[C@H]2C=C[C@H]3C2)cc1I)C(=O)O. The van der Waals surface area contributed by atoms with Gasteiger partial charge >= 0.3 is 5.97 Å². The molecule has 1 aromatic rings. The van der Waals surface area contributed by atoms with Crippen molar-refractivity contribution in [1.82, 2.24) is 5.01 Å². The van der Waals surface area contributed by atoms with Gasteiger partial charge in [-0.1, -0.05) is 12.2 Å². The van der Waals surface area contributed by atoms with Crippen molar-refractivity contribution in [2.75, 3.05) is 0 Å². The molecule has 3 aliphatic rings. The van der Waals surface area contributed by atoms with Gasteiger partial charge in [0.25, 0.3) is 11.8 Å². The third-order valence-electron chi connectivity index (χ3n) is 5.43. The zero-order valence-electron chi connectivity index (χ0n) is 14.7. The fraction of sp³-hybridized carbons (Fsp3) is 0.368. The fourth-order valence-electron chi connectivity index (χ4n) is 4.12. The second kappa shape index (κ2) is 7.39. The number of halogens is 2. The number of fused-ring (bicyclic) bond motifs is 5. The lowest BCUT2D eigenvalue weighted by Gasteiger charge is -2.14. The molecule has 1 saturated carbocycles. The Morgan fingerprint density at radius 3 is 2.25 bits per heavy atom. The van der Waals surface area contributed by atoms with E-state index < -0.39 is 12.1 Å². The first kappa shape index (κ1) is 19.8. The molecule has 2 bridgehead atoms. The molecule has 1 aromatic carbocycles. The van der Waals surface area contributed by atoms with Crippen molar-refractivity contribution in [2.24, 2.45) is 28.8 Å². The predicted octanol–water partition coefficient (Wildman–Crippen LogP) is 2.89. The lowest BCUT2D eigenvalue weighted by Crippen LogP contribution is -2.28. The number of ether oxygens (including phenoxy) is 1. The summed E-state index contributed by atoms with van der Waals surface area (Å²) < 4.78 is 6.94. The minimum atomic E-state index is -1.04. The summed E-state index contributed by atoms with van der Waals surface area (Å²) in [5.41, 5.74) is 0.697. The van der Waals surface area contributed by atoms with E-state index in [0.717, 1.165) is 18.6 Å². The van der Waals surface area contributed by atoms with Gasteiger partial charge in [-0.05, 0) is 88.1 Å². The van der Waals surface area contributed by atoms with Gasteiger partial charge in [-0.3, -0.25) is 9.59 Å². The number of amides is 2. The summed E-state index contributed by atoms with van der Waals surface area (Å²) in [4.78, 5) is 36.3. The maximum Gasteiger partial charge on any atom is 0.344 e. The maximum atomic E-state index is 12.7. The van der Waals surface area contributed by atoms with E-state index in [0.29, 0.717) is 11.3 Å². The zero-order valence-corrected chi connectivity index (χ0v) is 19.0. The van der Waals surface area contributed by atoms with Crippen LogP contribution in [-0.2, 0) is 14.4 Å². The van der Waals surface area contributed by atoms with Crippen LogP contribution < -0.4 is 4.74 Å². The molecule has 1 saturated heterocycles. The smallest absolute Gasteiger partial charge is 0.344 e. The molecule has 1 aliphatic heterocycles. The molecule has 4 rings (SSSR count). The summed E-state index contributed by atoms with van der Waals surface area (Å²) in [5, 5.41) is 14.2. The molecule has 0 spiro atoms. The lowest BCUT2D eigenvalue weighted by molar-refractivity contribution is -0.144. The van der Waals surface area contributed by atoms with E-state index in [1.54, 1.807) is 12.1 Å². The summed E-state index contributed by atoms with van der Waals surface area (Å²) in [7, 11) is 0. The Hall–Kier alpha value is -1.50. The molecular formula is C19H16I2N2O5. The third kappa shape index (κ3) is 3.25. The Balaban J connectivity index is 1.53. The molecule has 2 amide bonds. The highest BCUT2D eigenvalue weighted by Crippen LogP contribution is 2.52. The van der Waals surface area contributed by atoms with E-state index in [4.69, 9.17) is 9.84 Å². The van der Waals surface area contributed by atoms with Crippen molar-refractivity contribution in [1.29, 1.82) is 0 Å². The second-order valence-electron chi connectivity index (χ2n) is 7.14. The summed E-state index contributed by atoms with van der Waals surface area (Å²) in [6.45, 7) is 1.47. The molecule has 2 fully saturated rings. The standard InChI is InChI=1S/C19H16I2N2O5/c1-8(19(26)27)28-16-12(20)4-9(5-13(16)21)7-22-23-17(24)14-10-2-3-11(6-10)15(14)18(23)25/h2-5,7-8,10-11,14-15H,6H2,1H3,(H,26,27)/t8-,10+,11+,14-,15+/m1/s1. The number of rotatable bonds is 5. The highest BCUT2D eigenvalue weighted by molar-refractivity contribution is 14.1. The van der Waals surface area contributed by atoms with Gasteiger partial charge in [0.2, 0.25) is 0 Å². The largest absolute Gasteiger partial charge is 0.479 e. The number of imide groups is 1. The topological polar surface area (TPSA) is 96.3 Å². The number of carbonyl (C=O) groups excluding carboxylic acids is 2. The highest BCUT2D eigenvalue weighted by Gasteiger charge is 2.59. The molecule has 9 heteroatoms. The number of hydrazone groups is 1. The van der Waals surface area contributed by atoms with Crippen LogP contribution in [0.5, 0.6) is 5.75 Å². The lowest BCUT2D eigenvalue weighted by atomic mass is 9.85. The fourth-order valence-corrected chi connectivity index (χ4v) is 6.19. The Labute approximate surface area is 188 Å². The number of allylic oxidation sites excluding steroid dienone is 2. The number of carboxylic acid groups (broad SMARTS) is 1. The van der Waals surface area contributed by atoms with Crippen LogP contribution in [0, 0.1) is 30.8 Å². The van der Waals surface area contributed by atoms with Gasteiger partial charge in [-0.15, -0.1) is 0 Å². The van der Waals surface area contributed by atoms with Crippen molar-refractivity contribution in [2.45, 2.75) is 19.4 Å². The number of carboxylic acids is 1. The van der Waals surface area contributed by atoms with E-state index in [1.165, 1.54) is 13.1 Å². The number of nitrogens with zero attached hydrogens (tertiary/aromatic N) is 2. The van der Waals surface area contributed by atoms with Crippen LogP contribution in [0.3, 0.4) is 0 Å². The van der Waals surface area contributed by atoms with Crippen LogP contribution in [0.2, 0.25) is 0 Å². The van der Waals surface area contributed by atoms with Gasteiger partial charge in [0.05, 0.1) is 25.2 Å². The van der Waals surface area contributed by atoms with Gasteiger partial charge in [0.1, 0.15) is 5.75 Å². The van der Waals surface area contributed by atoms with Crippen molar-refractivity contribution < 1.29 is 24.2 Å². The number of benzene rings is 1. The average molecular weight is 606 g/mol. The molecule has 5 atom stereocenters. The molecule has 146 valence electrons. The van der Waals surface area contributed by atoms with Gasteiger partial charge in [0.15, 0.2) is 6.10 Å². The normalized spacial score (nSPS) is 29.0. The number of hydrogen-bond donors (Lipinski definition) is 1. The summed E-state index contributed by atoms with van der Waals surface area (Å²) >= 11 is 4.12.